The standard InChI is InChI=1S/C20H23Cl2N/c1-13-4-6-14(7-5-13)10-15-8-9-23-18(15)11-16-17(12-19(21)22)20(16,2)3/h4-9,12,16-17,23H,10-11H2,1-3H3. The number of benzene rings is 1. The summed E-state index contributed by atoms with van der Waals surface area (Å²) in [5, 5.41) is 0. The van der Waals surface area contributed by atoms with E-state index in [-0.39, 0.29) is 5.41 Å². The van der Waals surface area contributed by atoms with Gasteiger partial charge in [-0.25, -0.2) is 0 Å². The molecular weight excluding hydrogens is 325 g/mol. The summed E-state index contributed by atoms with van der Waals surface area (Å²) in [5.41, 5.74) is 5.64. The molecule has 0 saturated heterocycles. The molecule has 1 aromatic carbocycles. The summed E-state index contributed by atoms with van der Waals surface area (Å²) < 4.78 is 0.386. The molecule has 0 bridgehead atoms. The fraction of sp³-hybridized carbons (Fsp3) is 0.400. The molecule has 3 heteroatoms. The van der Waals surface area contributed by atoms with Crippen LogP contribution >= 0.6 is 23.2 Å². The third-order valence-electron chi connectivity index (χ3n) is 5.31. The van der Waals surface area contributed by atoms with Gasteiger partial charge in [-0.2, -0.15) is 0 Å². The van der Waals surface area contributed by atoms with Gasteiger partial charge in [0.2, 0.25) is 0 Å². The van der Waals surface area contributed by atoms with Crippen LogP contribution in [0.5, 0.6) is 0 Å². The van der Waals surface area contributed by atoms with Gasteiger partial charge in [0.25, 0.3) is 0 Å². The zero-order chi connectivity index (χ0) is 16.6. The van der Waals surface area contributed by atoms with Crippen LogP contribution in [0.4, 0.5) is 0 Å². The number of aromatic nitrogens is 1. The maximum Gasteiger partial charge on any atom is 0.103 e. The van der Waals surface area contributed by atoms with Gasteiger partial charge in [-0.1, -0.05) is 73.0 Å². The van der Waals surface area contributed by atoms with Gasteiger partial charge >= 0.3 is 0 Å². The van der Waals surface area contributed by atoms with Crippen molar-refractivity contribution in [2.45, 2.75) is 33.6 Å². The van der Waals surface area contributed by atoms with E-state index in [1.807, 2.05) is 12.3 Å². The molecule has 1 N–H and O–H groups in total. The Kier molecular flexibility index (Phi) is 4.62. The first-order valence-corrected chi connectivity index (χ1v) is 8.87. The first-order valence-electron chi connectivity index (χ1n) is 8.11. The van der Waals surface area contributed by atoms with E-state index in [2.05, 4.69) is 56.1 Å². The molecular formula is C20H23Cl2N. The molecule has 0 radical (unpaired) electrons. The first kappa shape index (κ1) is 16.7. The fourth-order valence-corrected chi connectivity index (χ4v) is 3.85. The van der Waals surface area contributed by atoms with Crippen LogP contribution in [-0.4, -0.2) is 4.98 Å². The van der Waals surface area contributed by atoms with Gasteiger partial charge in [-0.3, -0.25) is 0 Å². The Bertz CT molecular complexity index is 705. The van der Waals surface area contributed by atoms with Crippen molar-refractivity contribution in [1.29, 1.82) is 0 Å². The predicted molar refractivity (Wildman–Crippen MR) is 99.0 cm³/mol. The van der Waals surface area contributed by atoms with Gasteiger partial charge in [0.15, 0.2) is 0 Å². The number of hydrogen-bond donors (Lipinski definition) is 1. The molecule has 1 nitrogen and oxygen atoms in total. The average molecular weight is 348 g/mol. The second kappa shape index (κ2) is 6.37. The molecule has 1 aliphatic carbocycles. The van der Waals surface area contributed by atoms with E-state index in [9.17, 15) is 0 Å². The van der Waals surface area contributed by atoms with Crippen molar-refractivity contribution in [2.75, 3.05) is 0 Å². The van der Waals surface area contributed by atoms with Crippen LogP contribution in [0.1, 0.15) is 36.2 Å². The summed E-state index contributed by atoms with van der Waals surface area (Å²) in [6.07, 6.45) is 6.07. The Morgan fingerprint density at radius 3 is 2.52 bits per heavy atom. The molecule has 0 spiro atoms. The quantitative estimate of drug-likeness (QED) is 0.677. The van der Waals surface area contributed by atoms with Gasteiger partial charge in [-0.05, 0) is 54.2 Å². The highest BCUT2D eigenvalue weighted by molar-refractivity contribution is 6.55. The van der Waals surface area contributed by atoms with Gasteiger partial charge in [0.05, 0.1) is 0 Å². The van der Waals surface area contributed by atoms with Crippen molar-refractivity contribution < 1.29 is 0 Å². The minimum absolute atomic E-state index is 0.265. The number of allylic oxidation sites excluding steroid dienone is 1. The molecule has 1 saturated carbocycles. The maximum absolute atomic E-state index is 5.86. The summed E-state index contributed by atoms with van der Waals surface area (Å²) in [6.45, 7) is 6.70. The first-order chi connectivity index (χ1) is 10.9. The lowest BCUT2D eigenvalue weighted by Crippen LogP contribution is -1.99. The molecule has 0 aliphatic heterocycles. The highest BCUT2D eigenvalue weighted by atomic mass is 35.5. The van der Waals surface area contributed by atoms with Crippen molar-refractivity contribution in [2.24, 2.45) is 17.3 Å². The number of nitrogens with one attached hydrogen (secondary N) is 1. The molecule has 23 heavy (non-hydrogen) atoms. The lowest BCUT2D eigenvalue weighted by Gasteiger charge is -2.06. The lowest BCUT2D eigenvalue weighted by molar-refractivity contribution is 0.546. The summed E-state index contributed by atoms with van der Waals surface area (Å²) in [6, 6.07) is 11.0. The molecule has 3 rings (SSSR count). The van der Waals surface area contributed by atoms with Crippen molar-refractivity contribution in [3.05, 3.63) is 69.5 Å². The normalized spacial score (nSPS) is 22.0. The van der Waals surface area contributed by atoms with Crippen LogP contribution in [0.2, 0.25) is 0 Å². The second-order valence-corrected chi connectivity index (χ2v) is 8.27. The predicted octanol–water partition coefficient (Wildman–Crippen LogP) is 6.05. The van der Waals surface area contributed by atoms with Gasteiger partial charge in [0.1, 0.15) is 4.49 Å². The Balaban J connectivity index is 1.72. The van der Waals surface area contributed by atoms with Crippen LogP contribution in [0, 0.1) is 24.2 Å². The molecule has 0 amide bonds. The third-order valence-corrected chi connectivity index (χ3v) is 5.57. The Hall–Kier alpha value is -1.18. The summed E-state index contributed by atoms with van der Waals surface area (Å²) in [7, 11) is 0. The van der Waals surface area contributed by atoms with E-state index < -0.39 is 0 Å². The molecule has 1 fully saturated rings. The van der Waals surface area contributed by atoms with Crippen molar-refractivity contribution in [3.8, 4) is 0 Å². The number of H-pyrrole nitrogens is 1. The van der Waals surface area contributed by atoms with Crippen LogP contribution in [-0.2, 0) is 12.8 Å². The third kappa shape index (κ3) is 3.67. The Morgan fingerprint density at radius 2 is 1.87 bits per heavy atom. The molecule has 122 valence electrons. The number of hydrogen-bond acceptors (Lipinski definition) is 0. The minimum atomic E-state index is 0.265. The monoisotopic (exact) mass is 347 g/mol. The highest BCUT2D eigenvalue weighted by Crippen LogP contribution is 2.61. The second-order valence-electron chi connectivity index (χ2n) is 7.26. The number of aryl methyl sites for hydroxylation is 1. The van der Waals surface area contributed by atoms with E-state index in [1.165, 1.54) is 22.4 Å². The van der Waals surface area contributed by atoms with Crippen molar-refractivity contribution in [3.63, 3.8) is 0 Å². The van der Waals surface area contributed by atoms with E-state index in [1.54, 1.807) is 0 Å². The summed E-state index contributed by atoms with van der Waals surface area (Å²) in [5.74, 6) is 1.05. The number of aromatic amines is 1. The van der Waals surface area contributed by atoms with Crippen LogP contribution in [0.25, 0.3) is 0 Å². The SMILES string of the molecule is Cc1ccc(Cc2cc[nH]c2CC2C(C=C(Cl)Cl)C2(C)C)cc1. The van der Waals surface area contributed by atoms with E-state index in [0.29, 0.717) is 16.3 Å². The Labute approximate surface area is 148 Å². The van der Waals surface area contributed by atoms with E-state index in [0.717, 1.165) is 12.8 Å². The topological polar surface area (TPSA) is 15.8 Å². The lowest BCUT2D eigenvalue weighted by atomic mass is 10.00. The molecule has 1 heterocycles. The maximum atomic E-state index is 5.86. The summed E-state index contributed by atoms with van der Waals surface area (Å²) in [4.78, 5) is 3.43. The van der Waals surface area contributed by atoms with Crippen LogP contribution in [0.3, 0.4) is 0 Å². The zero-order valence-corrected chi connectivity index (χ0v) is 15.4. The van der Waals surface area contributed by atoms with Gasteiger partial charge in [0, 0.05) is 11.9 Å². The minimum Gasteiger partial charge on any atom is -0.365 e. The largest absolute Gasteiger partial charge is 0.365 e. The molecule has 2 aromatic rings. The average Bonchev–Trinajstić information content (AvgIpc) is 2.83. The molecule has 2 atom stereocenters. The van der Waals surface area contributed by atoms with Crippen LogP contribution < -0.4 is 0 Å². The molecule has 1 aromatic heterocycles. The zero-order valence-electron chi connectivity index (χ0n) is 13.9. The van der Waals surface area contributed by atoms with Gasteiger partial charge < -0.3 is 4.98 Å². The number of rotatable bonds is 5. The van der Waals surface area contributed by atoms with Crippen molar-refractivity contribution >= 4 is 23.2 Å². The fourth-order valence-electron chi connectivity index (χ4n) is 3.58. The smallest absolute Gasteiger partial charge is 0.103 e. The van der Waals surface area contributed by atoms with Crippen LogP contribution in [0.15, 0.2) is 47.1 Å². The number of halogens is 2. The van der Waals surface area contributed by atoms with Crippen molar-refractivity contribution in [1.82, 2.24) is 4.98 Å². The van der Waals surface area contributed by atoms with E-state index >= 15 is 0 Å². The highest BCUT2D eigenvalue weighted by Gasteiger charge is 2.56. The molecule has 2 unspecified atom stereocenters. The van der Waals surface area contributed by atoms with Gasteiger partial charge in [-0.15, -0.1) is 0 Å². The Morgan fingerprint density at radius 1 is 1.17 bits per heavy atom. The molecule has 1 aliphatic rings. The van der Waals surface area contributed by atoms with E-state index in [4.69, 9.17) is 23.2 Å². The summed E-state index contributed by atoms with van der Waals surface area (Å²) >= 11 is 11.7.